The second-order valence-corrected chi connectivity index (χ2v) is 4.62. The first-order chi connectivity index (χ1) is 6.59. The van der Waals surface area contributed by atoms with Gasteiger partial charge in [-0.3, -0.25) is 0 Å². The van der Waals surface area contributed by atoms with E-state index >= 15 is 0 Å². The van der Waals surface area contributed by atoms with E-state index in [0.717, 1.165) is 30.9 Å². The van der Waals surface area contributed by atoms with Crippen LogP contribution in [0.15, 0.2) is 0 Å². The predicted molar refractivity (Wildman–Crippen MR) is 57.6 cm³/mol. The highest BCUT2D eigenvalue weighted by atomic mass is 35.5. The van der Waals surface area contributed by atoms with Crippen LogP contribution in [0.25, 0.3) is 0 Å². The molecule has 1 aromatic heterocycles. The molecular formula is C10H16ClN3. The maximum absolute atomic E-state index is 6.08. The standard InChI is InChI=1S/C10H16ClN3/c1-6(2)10-13-9(11)8-5-7(12)3-4-14(8)10/h6-7H,3-5,12H2,1-2H3. The number of halogens is 1. The van der Waals surface area contributed by atoms with E-state index in [1.54, 1.807) is 0 Å². The molecule has 1 atom stereocenters. The van der Waals surface area contributed by atoms with Crippen molar-refractivity contribution in [3.8, 4) is 0 Å². The van der Waals surface area contributed by atoms with Crippen molar-refractivity contribution in [2.24, 2.45) is 5.73 Å². The number of hydrogen-bond donors (Lipinski definition) is 1. The summed E-state index contributed by atoms with van der Waals surface area (Å²) in [6.45, 7) is 5.24. The molecule has 3 nitrogen and oxygen atoms in total. The van der Waals surface area contributed by atoms with Crippen molar-refractivity contribution in [2.45, 2.75) is 45.2 Å². The van der Waals surface area contributed by atoms with E-state index in [1.807, 2.05) is 0 Å². The molecule has 0 spiro atoms. The summed E-state index contributed by atoms with van der Waals surface area (Å²) in [5.41, 5.74) is 7.02. The van der Waals surface area contributed by atoms with E-state index in [2.05, 4.69) is 23.4 Å². The fourth-order valence-corrected chi connectivity index (χ4v) is 2.27. The zero-order valence-corrected chi connectivity index (χ0v) is 9.38. The van der Waals surface area contributed by atoms with Crippen molar-refractivity contribution in [3.63, 3.8) is 0 Å². The van der Waals surface area contributed by atoms with Crippen molar-refractivity contribution < 1.29 is 0 Å². The van der Waals surface area contributed by atoms with Crippen molar-refractivity contribution in [3.05, 3.63) is 16.7 Å². The maximum Gasteiger partial charge on any atom is 0.150 e. The first kappa shape index (κ1) is 9.99. The molecule has 0 saturated carbocycles. The molecule has 0 aliphatic carbocycles. The Kier molecular flexibility index (Phi) is 2.54. The minimum Gasteiger partial charge on any atom is -0.330 e. The highest BCUT2D eigenvalue weighted by Crippen LogP contribution is 2.27. The van der Waals surface area contributed by atoms with Crippen LogP contribution in [0.5, 0.6) is 0 Å². The van der Waals surface area contributed by atoms with Crippen LogP contribution in [0, 0.1) is 0 Å². The number of hydrogen-bond acceptors (Lipinski definition) is 2. The van der Waals surface area contributed by atoms with E-state index in [1.165, 1.54) is 0 Å². The van der Waals surface area contributed by atoms with Crippen LogP contribution in [-0.4, -0.2) is 15.6 Å². The quantitative estimate of drug-likeness (QED) is 0.775. The van der Waals surface area contributed by atoms with Crippen LogP contribution in [0.1, 0.15) is 37.7 Å². The Balaban J connectivity index is 2.44. The van der Waals surface area contributed by atoms with Gasteiger partial charge < -0.3 is 10.3 Å². The Hall–Kier alpha value is -0.540. The van der Waals surface area contributed by atoms with E-state index < -0.39 is 0 Å². The fourth-order valence-electron chi connectivity index (χ4n) is 2.01. The minimum atomic E-state index is 0.247. The van der Waals surface area contributed by atoms with E-state index in [0.29, 0.717) is 11.1 Å². The van der Waals surface area contributed by atoms with Gasteiger partial charge in [-0.2, -0.15) is 0 Å². The van der Waals surface area contributed by atoms with Gasteiger partial charge in [0.2, 0.25) is 0 Å². The van der Waals surface area contributed by atoms with Gasteiger partial charge in [0.15, 0.2) is 5.15 Å². The summed E-state index contributed by atoms with van der Waals surface area (Å²) in [5.74, 6) is 1.52. The Morgan fingerprint density at radius 2 is 2.29 bits per heavy atom. The third kappa shape index (κ3) is 1.55. The lowest BCUT2D eigenvalue weighted by molar-refractivity contribution is 0.454. The Morgan fingerprint density at radius 3 is 2.93 bits per heavy atom. The lowest BCUT2D eigenvalue weighted by Crippen LogP contribution is -2.31. The third-order valence-electron chi connectivity index (χ3n) is 2.75. The van der Waals surface area contributed by atoms with Crippen molar-refractivity contribution >= 4 is 11.6 Å². The van der Waals surface area contributed by atoms with Crippen molar-refractivity contribution in [1.82, 2.24) is 9.55 Å². The van der Waals surface area contributed by atoms with Gasteiger partial charge in [0, 0.05) is 24.9 Å². The Morgan fingerprint density at radius 1 is 1.57 bits per heavy atom. The summed E-state index contributed by atoms with van der Waals surface area (Å²) in [4.78, 5) is 4.40. The molecule has 1 unspecified atom stereocenters. The first-order valence-electron chi connectivity index (χ1n) is 5.10. The number of imidazole rings is 1. The molecule has 0 aromatic carbocycles. The summed E-state index contributed by atoms with van der Waals surface area (Å²) < 4.78 is 2.23. The van der Waals surface area contributed by atoms with Crippen LogP contribution in [0.3, 0.4) is 0 Å². The van der Waals surface area contributed by atoms with E-state index in [-0.39, 0.29) is 6.04 Å². The normalized spacial score (nSPS) is 21.4. The smallest absolute Gasteiger partial charge is 0.150 e. The monoisotopic (exact) mass is 213 g/mol. The van der Waals surface area contributed by atoms with Gasteiger partial charge in [-0.15, -0.1) is 0 Å². The molecule has 0 saturated heterocycles. The van der Waals surface area contributed by atoms with Gasteiger partial charge >= 0.3 is 0 Å². The summed E-state index contributed by atoms with van der Waals surface area (Å²) in [6, 6.07) is 0.247. The average molecular weight is 214 g/mol. The summed E-state index contributed by atoms with van der Waals surface area (Å²) >= 11 is 6.08. The summed E-state index contributed by atoms with van der Waals surface area (Å²) in [5, 5.41) is 0.642. The van der Waals surface area contributed by atoms with E-state index in [9.17, 15) is 0 Å². The average Bonchev–Trinajstić information content (AvgIpc) is 2.44. The number of rotatable bonds is 1. The lowest BCUT2D eigenvalue weighted by atomic mass is 10.1. The molecule has 14 heavy (non-hydrogen) atoms. The maximum atomic E-state index is 6.08. The Bertz CT molecular complexity index is 343. The van der Waals surface area contributed by atoms with Gasteiger partial charge in [-0.25, -0.2) is 4.98 Å². The van der Waals surface area contributed by atoms with Gasteiger partial charge in [0.1, 0.15) is 5.82 Å². The molecule has 78 valence electrons. The molecule has 0 fully saturated rings. The molecule has 1 aliphatic heterocycles. The van der Waals surface area contributed by atoms with E-state index in [4.69, 9.17) is 17.3 Å². The molecule has 1 aromatic rings. The number of nitrogens with two attached hydrogens (primary N) is 1. The van der Waals surface area contributed by atoms with Gasteiger partial charge in [-0.1, -0.05) is 25.4 Å². The van der Waals surface area contributed by atoms with Crippen molar-refractivity contribution in [2.75, 3.05) is 0 Å². The molecule has 2 rings (SSSR count). The largest absolute Gasteiger partial charge is 0.330 e. The minimum absolute atomic E-state index is 0.247. The number of nitrogens with zero attached hydrogens (tertiary/aromatic N) is 2. The molecule has 2 N–H and O–H groups in total. The molecule has 0 radical (unpaired) electrons. The fraction of sp³-hybridized carbons (Fsp3) is 0.700. The molecule has 2 heterocycles. The zero-order valence-electron chi connectivity index (χ0n) is 8.63. The topological polar surface area (TPSA) is 43.8 Å². The highest BCUT2D eigenvalue weighted by Gasteiger charge is 2.23. The first-order valence-corrected chi connectivity index (χ1v) is 5.47. The predicted octanol–water partition coefficient (Wildman–Crippen LogP) is 1.93. The second kappa shape index (κ2) is 3.55. The van der Waals surface area contributed by atoms with Crippen LogP contribution in [-0.2, 0) is 13.0 Å². The molecule has 4 heteroatoms. The van der Waals surface area contributed by atoms with Gasteiger partial charge in [0.05, 0.1) is 5.69 Å². The van der Waals surface area contributed by atoms with Crippen LogP contribution in [0.4, 0.5) is 0 Å². The van der Waals surface area contributed by atoms with Crippen LogP contribution in [0.2, 0.25) is 5.15 Å². The molecule has 1 aliphatic rings. The molecule has 0 bridgehead atoms. The number of aromatic nitrogens is 2. The van der Waals surface area contributed by atoms with Crippen molar-refractivity contribution in [1.29, 1.82) is 0 Å². The second-order valence-electron chi connectivity index (χ2n) is 4.27. The molecular weight excluding hydrogens is 198 g/mol. The Labute approximate surface area is 89.3 Å². The van der Waals surface area contributed by atoms with Gasteiger partial charge in [0.25, 0.3) is 0 Å². The SMILES string of the molecule is CC(C)c1nc(Cl)c2n1CCC(N)C2. The van der Waals surface area contributed by atoms with Crippen LogP contribution >= 0.6 is 11.6 Å². The molecule has 0 amide bonds. The summed E-state index contributed by atoms with van der Waals surface area (Å²) in [6.07, 6.45) is 1.89. The number of fused-ring (bicyclic) bond motifs is 1. The summed E-state index contributed by atoms with van der Waals surface area (Å²) in [7, 11) is 0. The lowest BCUT2D eigenvalue weighted by Gasteiger charge is -2.22. The highest BCUT2D eigenvalue weighted by molar-refractivity contribution is 6.30. The zero-order chi connectivity index (χ0) is 10.3. The third-order valence-corrected chi connectivity index (χ3v) is 3.05. The van der Waals surface area contributed by atoms with Gasteiger partial charge in [-0.05, 0) is 6.42 Å². The van der Waals surface area contributed by atoms with Crippen LogP contribution < -0.4 is 5.73 Å².